The third-order valence-electron chi connectivity index (χ3n) is 0.984. The molecule has 11 heavy (non-hydrogen) atoms. The molecule has 4 heteroatoms. The molecule has 0 heterocycles. The van der Waals surface area contributed by atoms with Crippen molar-refractivity contribution in [1.82, 2.24) is 0 Å². The lowest BCUT2D eigenvalue weighted by Crippen LogP contribution is -2.21. The molecule has 0 amide bonds. The van der Waals surface area contributed by atoms with Crippen molar-refractivity contribution in [3.8, 4) is 0 Å². The lowest BCUT2D eigenvalue weighted by atomic mass is 10.2. The van der Waals surface area contributed by atoms with Gasteiger partial charge < -0.3 is 9.84 Å². The van der Waals surface area contributed by atoms with Gasteiger partial charge in [-0.1, -0.05) is 13.8 Å². The maximum atomic E-state index is 10.8. The van der Waals surface area contributed by atoms with Gasteiger partial charge in [0.05, 0.1) is 6.61 Å². The lowest BCUT2D eigenvalue weighted by Gasteiger charge is -2.09. The third-order valence-corrected chi connectivity index (χ3v) is 1.62. The standard InChI is InChI=1S/C7H14O3S/c1-5(2)4-10-6(8)7(9)11-3/h5,7,9H,4H2,1-3H3. The molecule has 0 bridgehead atoms. The van der Waals surface area contributed by atoms with Gasteiger partial charge in [0.1, 0.15) is 0 Å². The molecular weight excluding hydrogens is 164 g/mol. The van der Waals surface area contributed by atoms with Crippen molar-refractivity contribution in [2.24, 2.45) is 5.92 Å². The van der Waals surface area contributed by atoms with Crippen molar-refractivity contribution in [1.29, 1.82) is 0 Å². The van der Waals surface area contributed by atoms with Crippen LogP contribution in [0.4, 0.5) is 0 Å². The summed E-state index contributed by atoms with van der Waals surface area (Å²) in [6, 6.07) is 0. The van der Waals surface area contributed by atoms with E-state index in [0.717, 1.165) is 11.8 Å². The summed E-state index contributed by atoms with van der Waals surface area (Å²) < 4.78 is 4.75. The summed E-state index contributed by atoms with van der Waals surface area (Å²) in [5.74, 6) is -0.237. The van der Waals surface area contributed by atoms with Crippen LogP contribution in [0.25, 0.3) is 0 Å². The number of hydrogen-bond acceptors (Lipinski definition) is 4. The molecule has 0 saturated carbocycles. The number of carbonyl (C=O) groups excluding carboxylic acids is 1. The highest BCUT2D eigenvalue weighted by Crippen LogP contribution is 2.05. The summed E-state index contributed by atoms with van der Waals surface area (Å²) in [5.41, 5.74) is -1.03. The zero-order valence-electron chi connectivity index (χ0n) is 7.03. The van der Waals surface area contributed by atoms with Gasteiger partial charge in [-0.2, -0.15) is 0 Å². The molecule has 3 nitrogen and oxygen atoms in total. The number of aliphatic hydroxyl groups is 1. The molecule has 1 unspecified atom stereocenters. The van der Waals surface area contributed by atoms with Crippen molar-refractivity contribution < 1.29 is 14.6 Å². The number of aliphatic hydroxyl groups excluding tert-OH is 1. The van der Waals surface area contributed by atoms with Gasteiger partial charge >= 0.3 is 5.97 Å². The van der Waals surface area contributed by atoms with E-state index in [1.807, 2.05) is 13.8 Å². The van der Waals surface area contributed by atoms with Crippen LogP contribution in [0.2, 0.25) is 0 Å². The summed E-state index contributed by atoms with van der Waals surface area (Å²) in [4.78, 5) is 10.8. The number of hydrogen-bond donors (Lipinski definition) is 1. The Morgan fingerprint density at radius 3 is 2.55 bits per heavy atom. The first-order valence-electron chi connectivity index (χ1n) is 3.45. The van der Waals surface area contributed by atoms with Gasteiger partial charge in [-0.3, -0.25) is 0 Å². The van der Waals surface area contributed by atoms with Crippen LogP contribution in [0, 0.1) is 5.92 Å². The first-order chi connectivity index (χ1) is 5.07. The fourth-order valence-corrected chi connectivity index (χ4v) is 0.677. The van der Waals surface area contributed by atoms with E-state index < -0.39 is 11.4 Å². The Hall–Kier alpha value is -0.220. The highest BCUT2D eigenvalue weighted by Gasteiger charge is 2.14. The zero-order chi connectivity index (χ0) is 8.85. The Morgan fingerprint density at radius 1 is 1.64 bits per heavy atom. The number of ether oxygens (including phenoxy) is 1. The Bertz CT molecular complexity index is 125. The largest absolute Gasteiger partial charge is 0.463 e. The summed E-state index contributed by atoms with van der Waals surface area (Å²) in [5, 5.41) is 8.93. The lowest BCUT2D eigenvalue weighted by molar-refractivity contribution is -0.149. The highest BCUT2D eigenvalue weighted by molar-refractivity contribution is 7.99. The molecule has 1 N–H and O–H groups in total. The molecule has 0 aliphatic carbocycles. The van der Waals surface area contributed by atoms with E-state index in [0.29, 0.717) is 12.5 Å². The molecule has 0 aromatic heterocycles. The topological polar surface area (TPSA) is 46.5 Å². The van der Waals surface area contributed by atoms with Crippen molar-refractivity contribution in [2.75, 3.05) is 12.9 Å². The quantitative estimate of drug-likeness (QED) is 0.512. The van der Waals surface area contributed by atoms with Gasteiger partial charge in [0.2, 0.25) is 0 Å². The molecule has 0 aromatic carbocycles. The molecule has 0 aromatic rings. The Labute approximate surface area is 71.1 Å². The van der Waals surface area contributed by atoms with E-state index in [4.69, 9.17) is 9.84 Å². The minimum atomic E-state index is -1.03. The smallest absolute Gasteiger partial charge is 0.345 e. The van der Waals surface area contributed by atoms with E-state index in [9.17, 15) is 4.79 Å². The fraction of sp³-hybridized carbons (Fsp3) is 0.857. The molecule has 0 spiro atoms. The summed E-state index contributed by atoms with van der Waals surface area (Å²) >= 11 is 1.07. The second-order valence-electron chi connectivity index (χ2n) is 2.61. The van der Waals surface area contributed by atoms with E-state index in [-0.39, 0.29) is 0 Å². The van der Waals surface area contributed by atoms with Gasteiger partial charge in [0, 0.05) is 0 Å². The Morgan fingerprint density at radius 2 is 2.18 bits per heavy atom. The molecule has 0 aliphatic rings. The van der Waals surface area contributed by atoms with Crippen LogP contribution in [0.15, 0.2) is 0 Å². The van der Waals surface area contributed by atoms with Crippen LogP contribution in [-0.2, 0) is 9.53 Å². The van der Waals surface area contributed by atoms with Crippen LogP contribution in [-0.4, -0.2) is 29.4 Å². The number of rotatable bonds is 4. The average molecular weight is 178 g/mol. The van der Waals surface area contributed by atoms with Crippen molar-refractivity contribution in [3.05, 3.63) is 0 Å². The minimum absolute atomic E-state index is 0.313. The highest BCUT2D eigenvalue weighted by atomic mass is 32.2. The molecule has 0 aliphatic heterocycles. The third kappa shape index (κ3) is 5.09. The summed E-state index contributed by atoms with van der Waals surface area (Å²) in [6.07, 6.45) is 1.65. The molecular formula is C7H14O3S. The van der Waals surface area contributed by atoms with Gasteiger partial charge in [0.25, 0.3) is 0 Å². The first kappa shape index (κ1) is 10.8. The Balaban J connectivity index is 3.52. The molecule has 0 rings (SSSR count). The van der Waals surface area contributed by atoms with Crippen molar-refractivity contribution in [3.63, 3.8) is 0 Å². The first-order valence-corrected chi connectivity index (χ1v) is 4.74. The minimum Gasteiger partial charge on any atom is -0.463 e. The van der Waals surface area contributed by atoms with Crippen LogP contribution in [0.5, 0.6) is 0 Å². The van der Waals surface area contributed by atoms with Gasteiger partial charge in [-0.05, 0) is 12.2 Å². The molecule has 0 radical (unpaired) electrons. The molecule has 0 fully saturated rings. The van der Waals surface area contributed by atoms with E-state index in [2.05, 4.69) is 0 Å². The Kier molecular flexibility index (Phi) is 5.32. The van der Waals surface area contributed by atoms with Crippen LogP contribution >= 0.6 is 11.8 Å². The van der Waals surface area contributed by atoms with Crippen molar-refractivity contribution in [2.45, 2.75) is 19.3 Å². The zero-order valence-corrected chi connectivity index (χ0v) is 7.85. The normalized spacial score (nSPS) is 13.2. The predicted octanol–water partition coefficient (Wildman–Crippen LogP) is 0.867. The monoisotopic (exact) mass is 178 g/mol. The number of thioether (sulfide) groups is 1. The van der Waals surface area contributed by atoms with E-state index >= 15 is 0 Å². The summed E-state index contributed by atoms with van der Waals surface area (Å²) in [6.45, 7) is 4.26. The van der Waals surface area contributed by atoms with Crippen LogP contribution in [0.3, 0.4) is 0 Å². The van der Waals surface area contributed by atoms with Gasteiger partial charge in [-0.15, -0.1) is 11.8 Å². The summed E-state index contributed by atoms with van der Waals surface area (Å²) in [7, 11) is 0. The second kappa shape index (κ2) is 5.43. The molecule has 1 atom stereocenters. The number of esters is 1. The van der Waals surface area contributed by atoms with E-state index in [1.165, 1.54) is 0 Å². The van der Waals surface area contributed by atoms with Crippen LogP contribution < -0.4 is 0 Å². The maximum absolute atomic E-state index is 10.8. The van der Waals surface area contributed by atoms with Crippen molar-refractivity contribution >= 4 is 17.7 Å². The van der Waals surface area contributed by atoms with Gasteiger partial charge in [-0.25, -0.2) is 4.79 Å². The SMILES string of the molecule is CSC(O)C(=O)OCC(C)C. The van der Waals surface area contributed by atoms with E-state index in [1.54, 1.807) is 6.26 Å². The van der Waals surface area contributed by atoms with Gasteiger partial charge in [0.15, 0.2) is 5.44 Å². The second-order valence-corrected chi connectivity index (χ2v) is 3.53. The molecule has 66 valence electrons. The van der Waals surface area contributed by atoms with Crippen LogP contribution in [0.1, 0.15) is 13.8 Å². The fourth-order valence-electron chi connectivity index (χ4n) is 0.416. The number of carbonyl (C=O) groups is 1. The molecule has 0 saturated heterocycles. The maximum Gasteiger partial charge on any atom is 0.345 e. The predicted molar refractivity (Wildman–Crippen MR) is 45.3 cm³/mol. The average Bonchev–Trinajstić information content (AvgIpc) is 1.98.